The molecule has 0 radical (unpaired) electrons. The minimum atomic E-state index is 0.0551. The molecule has 0 unspecified atom stereocenters. The smallest absolute Gasteiger partial charge is 0.228 e. The van der Waals surface area contributed by atoms with Gasteiger partial charge in [-0.15, -0.1) is 0 Å². The predicted octanol–water partition coefficient (Wildman–Crippen LogP) is 3.37. The highest BCUT2D eigenvalue weighted by Gasteiger charge is 2.43. The Balaban J connectivity index is 1.53. The van der Waals surface area contributed by atoms with E-state index in [0.717, 1.165) is 22.9 Å². The van der Waals surface area contributed by atoms with Crippen molar-refractivity contribution in [3.8, 4) is 0 Å². The number of nitrogens with one attached hydrogen (secondary N) is 1. The van der Waals surface area contributed by atoms with Gasteiger partial charge in [0.25, 0.3) is 0 Å². The molecule has 1 N–H and O–H groups in total. The highest BCUT2D eigenvalue weighted by molar-refractivity contribution is 6.03. The molecule has 22 heavy (non-hydrogen) atoms. The lowest BCUT2D eigenvalue weighted by atomic mass is 10.1. The Morgan fingerprint density at radius 1 is 1.05 bits per heavy atom. The van der Waals surface area contributed by atoms with E-state index >= 15 is 0 Å². The number of pyridine rings is 2. The van der Waals surface area contributed by atoms with Gasteiger partial charge in [0.1, 0.15) is 0 Å². The van der Waals surface area contributed by atoms with Gasteiger partial charge in [0, 0.05) is 47.2 Å². The van der Waals surface area contributed by atoms with E-state index in [1.807, 2.05) is 42.6 Å². The van der Waals surface area contributed by atoms with Crippen molar-refractivity contribution in [2.24, 2.45) is 5.92 Å². The summed E-state index contributed by atoms with van der Waals surface area (Å²) in [5.41, 5.74) is 2.04. The topological polar surface area (TPSA) is 54.9 Å². The van der Waals surface area contributed by atoms with Crippen LogP contribution in [0.5, 0.6) is 0 Å². The van der Waals surface area contributed by atoms with E-state index < -0.39 is 0 Å². The molecule has 2 atom stereocenters. The fourth-order valence-electron chi connectivity index (χ4n) is 2.92. The van der Waals surface area contributed by atoms with Crippen molar-refractivity contribution >= 4 is 22.4 Å². The third-order valence-electron chi connectivity index (χ3n) is 4.20. The number of rotatable bonds is 3. The summed E-state index contributed by atoms with van der Waals surface area (Å²) in [7, 11) is 0. The van der Waals surface area contributed by atoms with Crippen LogP contribution in [-0.2, 0) is 4.79 Å². The first-order chi connectivity index (χ1) is 10.8. The van der Waals surface area contributed by atoms with Crippen LogP contribution in [-0.4, -0.2) is 15.9 Å². The van der Waals surface area contributed by atoms with E-state index in [1.54, 1.807) is 18.6 Å². The number of anilines is 1. The van der Waals surface area contributed by atoms with Gasteiger partial charge in [-0.05, 0) is 42.2 Å². The van der Waals surface area contributed by atoms with Crippen molar-refractivity contribution in [2.75, 3.05) is 5.32 Å². The van der Waals surface area contributed by atoms with Gasteiger partial charge in [0.2, 0.25) is 5.91 Å². The van der Waals surface area contributed by atoms with E-state index in [2.05, 4.69) is 15.3 Å². The number of fused-ring (bicyclic) bond motifs is 1. The Bertz CT molecular complexity index is 827. The van der Waals surface area contributed by atoms with Gasteiger partial charge in [0.15, 0.2) is 0 Å². The molecule has 0 spiro atoms. The van der Waals surface area contributed by atoms with Crippen LogP contribution < -0.4 is 5.32 Å². The number of aromatic nitrogens is 2. The Labute approximate surface area is 128 Å². The first kappa shape index (κ1) is 13.0. The zero-order chi connectivity index (χ0) is 14.9. The van der Waals surface area contributed by atoms with Crippen LogP contribution in [0.3, 0.4) is 0 Å². The number of nitrogens with zero attached hydrogens (tertiary/aromatic N) is 2. The molecule has 1 aliphatic carbocycles. The minimum absolute atomic E-state index is 0.0551. The Morgan fingerprint density at radius 2 is 1.86 bits per heavy atom. The second-order valence-electron chi connectivity index (χ2n) is 5.62. The summed E-state index contributed by atoms with van der Waals surface area (Å²) >= 11 is 0. The summed E-state index contributed by atoms with van der Waals surface area (Å²) in [6.07, 6.45) is 8.01. The second kappa shape index (κ2) is 5.22. The van der Waals surface area contributed by atoms with Crippen LogP contribution in [0.1, 0.15) is 17.9 Å². The van der Waals surface area contributed by atoms with Gasteiger partial charge in [-0.25, -0.2) is 0 Å². The van der Waals surface area contributed by atoms with Crippen molar-refractivity contribution in [1.29, 1.82) is 0 Å². The van der Waals surface area contributed by atoms with Crippen LogP contribution in [0, 0.1) is 5.92 Å². The average Bonchev–Trinajstić information content (AvgIpc) is 3.37. The summed E-state index contributed by atoms with van der Waals surface area (Å²) in [4.78, 5) is 20.6. The highest BCUT2D eigenvalue weighted by Crippen LogP contribution is 2.47. The van der Waals surface area contributed by atoms with Crippen molar-refractivity contribution in [2.45, 2.75) is 12.3 Å². The average molecular weight is 289 g/mol. The molecule has 2 heterocycles. The molecule has 1 fully saturated rings. The van der Waals surface area contributed by atoms with Gasteiger partial charge < -0.3 is 5.32 Å². The van der Waals surface area contributed by atoms with E-state index in [-0.39, 0.29) is 11.8 Å². The molecule has 1 aliphatic rings. The molecule has 1 amide bonds. The van der Waals surface area contributed by atoms with Crippen LogP contribution in [0.2, 0.25) is 0 Å². The lowest BCUT2D eigenvalue weighted by molar-refractivity contribution is -0.117. The molecular formula is C18H15N3O. The first-order valence-electron chi connectivity index (χ1n) is 7.36. The number of carbonyl (C=O) groups excluding carboxylic acids is 1. The number of benzene rings is 1. The normalized spacial score (nSPS) is 19.8. The summed E-state index contributed by atoms with van der Waals surface area (Å²) in [5, 5.41) is 5.11. The van der Waals surface area contributed by atoms with Gasteiger partial charge >= 0.3 is 0 Å². The van der Waals surface area contributed by atoms with Crippen molar-refractivity contribution in [3.63, 3.8) is 0 Å². The maximum Gasteiger partial charge on any atom is 0.228 e. The van der Waals surface area contributed by atoms with Gasteiger partial charge in [-0.3, -0.25) is 14.8 Å². The number of hydrogen-bond acceptors (Lipinski definition) is 3. The number of hydrogen-bond donors (Lipinski definition) is 1. The minimum Gasteiger partial charge on any atom is -0.325 e. The Morgan fingerprint density at radius 3 is 2.73 bits per heavy atom. The zero-order valence-corrected chi connectivity index (χ0v) is 11.9. The van der Waals surface area contributed by atoms with Gasteiger partial charge in [0.05, 0.1) is 0 Å². The largest absolute Gasteiger partial charge is 0.325 e. The Hall–Kier alpha value is -2.75. The lowest BCUT2D eigenvalue weighted by Crippen LogP contribution is -2.14. The van der Waals surface area contributed by atoms with Crippen molar-refractivity contribution in [3.05, 3.63) is 66.7 Å². The third-order valence-corrected chi connectivity index (χ3v) is 4.20. The zero-order valence-electron chi connectivity index (χ0n) is 11.9. The maximum absolute atomic E-state index is 12.5. The third kappa shape index (κ3) is 2.33. The van der Waals surface area contributed by atoms with Gasteiger partial charge in [-0.2, -0.15) is 0 Å². The fraction of sp³-hybridized carbons (Fsp3) is 0.167. The van der Waals surface area contributed by atoms with E-state index in [0.29, 0.717) is 5.92 Å². The molecule has 4 rings (SSSR count). The number of amides is 1. The summed E-state index contributed by atoms with van der Waals surface area (Å²) in [5.74, 6) is 0.463. The van der Waals surface area contributed by atoms with Gasteiger partial charge in [-0.1, -0.05) is 12.1 Å². The summed E-state index contributed by atoms with van der Waals surface area (Å²) in [6, 6.07) is 11.8. The highest BCUT2D eigenvalue weighted by atomic mass is 16.2. The van der Waals surface area contributed by atoms with E-state index in [1.165, 1.54) is 5.56 Å². The molecule has 4 heteroatoms. The Kier molecular flexibility index (Phi) is 3.07. The molecule has 1 aromatic carbocycles. The first-order valence-corrected chi connectivity index (χ1v) is 7.36. The van der Waals surface area contributed by atoms with Crippen LogP contribution >= 0.6 is 0 Å². The molecular weight excluding hydrogens is 274 g/mol. The molecule has 0 bridgehead atoms. The molecule has 108 valence electrons. The summed E-state index contributed by atoms with van der Waals surface area (Å²) in [6.45, 7) is 0. The quantitative estimate of drug-likeness (QED) is 0.804. The lowest BCUT2D eigenvalue weighted by Gasteiger charge is -2.08. The fourth-order valence-corrected chi connectivity index (χ4v) is 2.92. The monoisotopic (exact) mass is 289 g/mol. The molecule has 4 nitrogen and oxygen atoms in total. The molecule has 1 saturated carbocycles. The van der Waals surface area contributed by atoms with Crippen LogP contribution in [0.4, 0.5) is 5.69 Å². The van der Waals surface area contributed by atoms with Crippen molar-refractivity contribution < 1.29 is 4.79 Å². The summed E-state index contributed by atoms with van der Waals surface area (Å²) < 4.78 is 0. The second-order valence-corrected chi connectivity index (χ2v) is 5.62. The van der Waals surface area contributed by atoms with E-state index in [9.17, 15) is 4.79 Å². The standard InChI is InChI=1S/C18H15N3O/c22-18(16-10-15(16)12-4-7-19-8-5-12)21-17-3-1-2-13-11-20-9-6-14(13)17/h1-9,11,15-16H,10H2,(H,21,22)/t15-,16+/m0/s1. The number of carbonyl (C=O) groups is 1. The molecule has 3 aromatic rings. The SMILES string of the molecule is O=C(Nc1cccc2cnccc12)[C@@H]1C[C@H]1c1ccncc1. The molecule has 0 aliphatic heterocycles. The van der Waals surface area contributed by atoms with Crippen molar-refractivity contribution in [1.82, 2.24) is 9.97 Å². The van der Waals surface area contributed by atoms with Crippen LogP contribution in [0.25, 0.3) is 10.8 Å². The van der Waals surface area contributed by atoms with Crippen LogP contribution in [0.15, 0.2) is 61.2 Å². The predicted molar refractivity (Wildman–Crippen MR) is 85.5 cm³/mol. The maximum atomic E-state index is 12.5. The molecule has 0 saturated heterocycles. The molecule has 2 aromatic heterocycles. The van der Waals surface area contributed by atoms with E-state index in [4.69, 9.17) is 0 Å².